The van der Waals surface area contributed by atoms with E-state index in [-0.39, 0.29) is 68.0 Å². The van der Waals surface area contributed by atoms with E-state index in [1.54, 1.807) is 59.5 Å². The normalized spacial score (nSPS) is 17.6. The second kappa shape index (κ2) is 20.1. The van der Waals surface area contributed by atoms with E-state index in [0.29, 0.717) is 64.7 Å². The van der Waals surface area contributed by atoms with Crippen LogP contribution in [0, 0.1) is 0 Å². The van der Waals surface area contributed by atoms with Crippen LogP contribution in [-0.2, 0) is 44.4 Å². The number of carbonyl (C=O) groups excluding carboxylic acids is 4. The highest BCUT2D eigenvalue weighted by molar-refractivity contribution is 7.46. The molecular weight excluding hydrogens is 909 g/mol. The molecule has 0 saturated heterocycles. The van der Waals surface area contributed by atoms with Gasteiger partial charge in [0.25, 0.3) is 23.6 Å². The summed E-state index contributed by atoms with van der Waals surface area (Å²) in [6, 6.07) is 17.3. The zero-order valence-electron chi connectivity index (χ0n) is 35.8. The van der Waals surface area contributed by atoms with Crippen molar-refractivity contribution < 1.29 is 67.3 Å². The first-order valence-corrected chi connectivity index (χ1v) is 23.4. The van der Waals surface area contributed by atoms with Gasteiger partial charge in [0, 0.05) is 72.1 Å². The number of alkyl halides is 1. The molecule has 0 saturated carbocycles. The van der Waals surface area contributed by atoms with Gasteiger partial charge in [-0.3, -0.25) is 33.9 Å². The fraction of sp³-hybridized carbons (Fsp3) is 0.271. The molecule has 17 nitrogen and oxygen atoms in total. The molecule has 4 aliphatic rings. The molecule has 0 aromatic heterocycles. The Morgan fingerprint density at radius 2 is 1.48 bits per heavy atom. The average molecular weight is 954 g/mol. The molecule has 67 heavy (non-hydrogen) atoms. The van der Waals surface area contributed by atoms with Crippen LogP contribution in [0.1, 0.15) is 29.9 Å². The van der Waals surface area contributed by atoms with Crippen molar-refractivity contribution in [2.24, 2.45) is 0 Å². The minimum absolute atomic E-state index is 0.0502. The second-order valence-electron chi connectivity index (χ2n) is 15.9. The summed E-state index contributed by atoms with van der Waals surface area (Å²) in [5.41, 5.74) is 4.02. The van der Waals surface area contributed by atoms with Crippen molar-refractivity contribution in [3.8, 4) is 11.5 Å². The van der Waals surface area contributed by atoms with Crippen LogP contribution in [-0.4, -0.2) is 113 Å². The van der Waals surface area contributed by atoms with E-state index in [1.807, 2.05) is 18.2 Å². The summed E-state index contributed by atoms with van der Waals surface area (Å²) >= 11 is 6.46. The molecule has 3 aliphatic heterocycles. The summed E-state index contributed by atoms with van der Waals surface area (Å²) in [6.07, 6.45) is 10.1. The van der Waals surface area contributed by atoms with E-state index in [1.165, 1.54) is 35.3 Å². The Hall–Kier alpha value is -6.59. The van der Waals surface area contributed by atoms with E-state index < -0.39 is 38.3 Å². The SMILES string of the molecule is O=C(O)C(CO)Oc1cc2c(c3ccccc13)C(CCl)CN2C(=O)C=CC1=CC(OCCOCCN2C(=O)C=CC2=O)=C(C=CC(=O)N2CCc3c2cc(OP(=O)(O)O)c2ccccc32)CC1. The Balaban J connectivity index is 1.03. The van der Waals surface area contributed by atoms with Gasteiger partial charge in [-0.15, -0.1) is 11.6 Å². The van der Waals surface area contributed by atoms with Gasteiger partial charge < -0.3 is 38.7 Å². The molecule has 1 aliphatic carbocycles. The van der Waals surface area contributed by atoms with Crippen molar-refractivity contribution in [1.82, 2.24) is 4.90 Å². The Labute approximate surface area is 388 Å². The number of aliphatic hydroxyl groups is 1. The van der Waals surface area contributed by atoms with Crippen molar-refractivity contribution in [3.05, 3.63) is 131 Å². The number of allylic oxidation sites excluding steroid dienone is 5. The van der Waals surface area contributed by atoms with E-state index in [4.69, 9.17) is 30.3 Å². The number of anilines is 2. The zero-order chi connectivity index (χ0) is 47.4. The number of rotatable bonds is 18. The number of carbonyl (C=O) groups is 5. The van der Waals surface area contributed by atoms with Gasteiger partial charge in [-0.25, -0.2) is 9.36 Å². The van der Waals surface area contributed by atoms with Gasteiger partial charge in [-0.05, 0) is 64.5 Å². The summed E-state index contributed by atoms with van der Waals surface area (Å²) in [5, 5.41) is 21.9. The third-order valence-corrected chi connectivity index (χ3v) is 12.6. The van der Waals surface area contributed by atoms with Gasteiger partial charge in [0.15, 0.2) is 0 Å². The smallest absolute Gasteiger partial charge is 0.491 e. The number of ether oxygens (including phenoxy) is 3. The van der Waals surface area contributed by atoms with Gasteiger partial charge in [-0.1, -0.05) is 54.6 Å². The molecule has 0 fully saturated rings. The number of phosphoric acid groups is 1. The van der Waals surface area contributed by atoms with Crippen LogP contribution in [0.4, 0.5) is 11.4 Å². The first kappa shape index (κ1) is 46.9. The monoisotopic (exact) mass is 953 g/mol. The van der Waals surface area contributed by atoms with Crippen molar-refractivity contribution in [3.63, 3.8) is 0 Å². The molecular formula is C48H45ClN3O14P. The summed E-state index contributed by atoms with van der Waals surface area (Å²) in [7, 11) is -4.92. The van der Waals surface area contributed by atoms with Gasteiger partial charge in [0.05, 0.1) is 37.7 Å². The number of hydrogen-bond acceptors (Lipinski definition) is 11. The van der Waals surface area contributed by atoms with Crippen LogP contribution < -0.4 is 19.1 Å². The Bertz CT molecular complexity index is 2870. The molecule has 0 spiro atoms. The number of carboxylic acids is 1. The number of aliphatic hydroxyl groups excluding tert-OH is 1. The van der Waals surface area contributed by atoms with E-state index in [0.717, 1.165) is 27.0 Å². The van der Waals surface area contributed by atoms with E-state index >= 15 is 0 Å². The fourth-order valence-corrected chi connectivity index (χ4v) is 9.31. The van der Waals surface area contributed by atoms with Crippen molar-refractivity contribution in [1.29, 1.82) is 0 Å². The summed E-state index contributed by atoms with van der Waals surface area (Å²) in [4.78, 5) is 86.9. The maximum atomic E-state index is 14.0. The minimum atomic E-state index is -4.92. The average Bonchev–Trinajstić information content (AvgIpc) is 4.01. The number of benzene rings is 4. The van der Waals surface area contributed by atoms with Crippen LogP contribution in [0.2, 0.25) is 0 Å². The molecule has 4 aromatic rings. The predicted molar refractivity (Wildman–Crippen MR) is 247 cm³/mol. The molecule has 3 heterocycles. The van der Waals surface area contributed by atoms with Crippen molar-refractivity contribution in [2.75, 3.05) is 61.7 Å². The van der Waals surface area contributed by atoms with Crippen LogP contribution >= 0.6 is 19.4 Å². The first-order chi connectivity index (χ1) is 32.2. The summed E-state index contributed by atoms with van der Waals surface area (Å²) in [6.45, 7) is 0.108. The molecule has 0 bridgehead atoms. The lowest BCUT2D eigenvalue weighted by molar-refractivity contribution is -0.146. The van der Waals surface area contributed by atoms with Gasteiger partial charge in [-0.2, -0.15) is 0 Å². The van der Waals surface area contributed by atoms with Crippen molar-refractivity contribution >= 4 is 81.9 Å². The quantitative estimate of drug-likeness (QED) is 0.0313. The Morgan fingerprint density at radius 1 is 0.821 bits per heavy atom. The third-order valence-electron chi connectivity index (χ3n) is 11.8. The largest absolute Gasteiger partial charge is 0.524 e. The van der Waals surface area contributed by atoms with Gasteiger partial charge in [0.1, 0.15) is 23.9 Å². The summed E-state index contributed by atoms with van der Waals surface area (Å²) in [5.74, 6) is -2.43. The number of aliphatic carboxylic acids is 1. The number of phosphoric ester groups is 1. The van der Waals surface area contributed by atoms with Gasteiger partial charge >= 0.3 is 13.8 Å². The number of hydrogen-bond donors (Lipinski definition) is 4. The lowest BCUT2D eigenvalue weighted by Gasteiger charge is -2.20. The fourth-order valence-electron chi connectivity index (χ4n) is 8.65. The highest BCUT2D eigenvalue weighted by Gasteiger charge is 2.35. The molecule has 2 atom stereocenters. The lowest BCUT2D eigenvalue weighted by Crippen LogP contribution is -2.33. The molecule has 4 amide bonds. The molecule has 348 valence electrons. The molecule has 4 aromatic carbocycles. The number of fused-ring (bicyclic) bond motifs is 6. The van der Waals surface area contributed by atoms with Gasteiger partial charge in [0.2, 0.25) is 6.10 Å². The van der Waals surface area contributed by atoms with E-state index in [2.05, 4.69) is 0 Å². The predicted octanol–water partition coefficient (Wildman–Crippen LogP) is 5.59. The summed E-state index contributed by atoms with van der Waals surface area (Å²) < 4.78 is 34.6. The number of nitrogens with zero attached hydrogens (tertiary/aromatic N) is 3. The molecule has 0 radical (unpaired) electrons. The standard InChI is InChI=1S/C48H45ClN3O14P/c49-26-31-27-52(38-25-40(65-42(28-53)48(58)59)35-7-3-4-8-36(35)47(31)38)46(57)13-10-29-9-11-30(39(23-29)64-22-21-63-20-19-51-44(55)15-16-45(51)56)12-14-43(54)50-18-17-33-32-5-1-2-6-34(32)41(24-37(33)50)66-67(60,61)62/h1-8,10,12-16,23-25,31,42,53H,9,11,17-22,26-28H2,(H,58,59)(H2,60,61,62). The Morgan fingerprint density at radius 3 is 2.16 bits per heavy atom. The maximum Gasteiger partial charge on any atom is 0.524 e. The molecule has 19 heteroatoms. The topological polar surface area (TPSA) is 230 Å². The molecule has 8 rings (SSSR count). The highest BCUT2D eigenvalue weighted by atomic mass is 35.5. The number of halogens is 1. The highest BCUT2D eigenvalue weighted by Crippen LogP contribution is 2.47. The van der Waals surface area contributed by atoms with Crippen molar-refractivity contribution in [2.45, 2.75) is 31.3 Å². The van der Waals surface area contributed by atoms with Crippen LogP contribution in [0.3, 0.4) is 0 Å². The van der Waals surface area contributed by atoms with Crippen LogP contribution in [0.5, 0.6) is 11.5 Å². The lowest BCUT2D eigenvalue weighted by atomic mass is 9.95. The molecule has 4 N–H and O–H groups in total. The minimum Gasteiger partial charge on any atom is -0.491 e. The number of imide groups is 1. The van der Waals surface area contributed by atoms with Crippen LogP contribution in [0.15, 0.2) is 120 Å². The maximum absolute atomic E-state index is 14.0. The number of amides is 4. The Kier molecular flexibility index (Phi) is 14.1. The second-order valence-corrected chi connectivity index (χ2v) is 17.4. The van der Waals surface area contributed by atoms with E-state index in [9.17, 15) is 48.5 Å². The third kappa shape index (κ3) is 10.2. The molecule has 2 unspecified atom stereocenters. The zero-order valence-corrected chi connectivity index (χ0v) is 37.4. The van der Waals surface area contributed by atoms with Crippen LogP contribution in [0.25, 0.3) is 21.5 Å². The first-order valence-electron chi connectivity index (χ1n) is 21.3. The number of carboxylic acid groups (broad SMARTS) is 1.